The molecule has 5 nitrogen and oxygen atoms in total. The highest BCUT2D eigenvalue weighted by atomic mass is 19.1. The van der Waals surface area contributed by atoms with Crippen LogP contribution in [-0.4, -0.2) is 49.4 Å². The first-order valence-electron chi connectivity index (χ1n) is 8.25. The summed E-state index contributed by atoms with van der Waals surface area (Å²) in [6, 6.07) is 15.3. The zero-order valence-corrected chi connectivity index (χ0v) is 13.8. The third kappa shape index (κ3) is 4.35. The van der Waals surface area contributed by atoms with Crippen molar-refractivity contribution in [3.05, 3.63) is 66.0 Å². The fourth-order valence-corrected chi connectivity index (χ4v) is 2.82. The number of para-hydroxylation sites is 1. The molecule has 25 heavy (non-hydrogen) atoms. The first kappa shape index (κ1) is 17.0. The Morgan fingerprint density at radius 2 is 1.56 bits per heavy atom. The second-order valence-corrected chi connectivity index (χ2v) is 5.89. The normalized spacial score (nSPS) is 14.3. The number of hydrogen-bond acceptors (Lipinski definition) is 3. The lowest BCUT2D eigenvalue weighted by Gasteiger charge is -2.36. The fraction of sp³-hybridized carbons (Fsp3) is 0.263. The smallest absolute Gasteiger partial charge is 0.251 e. The highest BCUT2D eigenvalue weighted by Gasteiger charge is 2.21. The quantitative estimate of drug-likeness (QED) is 0.924. The highest BCUT2D eigenvalue weighted by Crippen LogP contribution is 2.15. The summed E-state index contributed by atoms with van der Waals surface area (Å²) in [6.07, 6.45) is 0. The van der Waals surface area contributed by atoms with E-state index in [9.17, 15) is 14.0 Å². The molecule has 0 spiro atoms. The summed E-state index contributed by atoms with van der Waals surface area (Å²) in [5.74, 6) is -0.886. The van der Waals surface area contributed by atoms with Crippen LogP contribution in [0.2, 0.25) is 0 Å². The summed E-state index contributed by atoms with van der Waals surface area (Å²) >= 11 is 0. The van der Waals surface area contributed by atoms with E-state index >= 15 is 0 Å². The minimum absolute atomic E-state index is 0.0540. The van der Waals surface area contributed by atoms with Crippen LogP contribution in [0.15, 0.2) is 54.6 Å². The molecule has 2 amide bonds. The number of amides is 2. The molecule has 0 bridgehead atoms. The number of anilines is 1. The van der Waals surface area contributed by atoms with Crippen molar-refractivity contribution in [2.75, 3.05) is 37.6 Å². The van der Waals surface area contributed by atoms with Gasteiger partial charge in [-0.15, -0.1) is 0 Å². The van der Waals surface area contributed by atoms with Crippen molar-refractivity contribution in [1.82, 2.24) is 10.2 Å². The van der Waals surface area contributed by atoms with Crippen molar-refractivity contribution in [3.8, 4) is 0 Å². The van der Waals surface area contributed by atoms with Crippen LogP contribution < -0.4 is 10.2 Å². The second-order valence-electron chi connectivity index (χ2n) is 5.89. The molecule has 1 saturated heterocycles. The third-order valence-corrected chi connectivity index (χ3v) is 4.26. The van der Waals surface area contributed by atoms with Gasteiger partial charge in [-0.05, 0) is 36.4 Å². The van der Waals surface area contributed by atoms with Crippen LogP contribution in [0.5, 0.6) is 0 Å². The number of nitrogens with zero attached hydrogens (tertiary/aromatic N) is 2. The van der Waals surface area contributed by atoms with E-state index in [1.54, 1.807) is 4.90 Å². The van der Waals surface area contributed by atoms with Gasteiger partial charge in [0, 0.05) is 37.4 Å². The van der Waals surface area contributed by atoms with E-state index < -0.39 is 5.82 Å². The van der Waals surface area contributed by atoms with Gasteiger partial charge >= 0.3 is 0 Å². The maximum atomic E-state index is 12.9. The third-order valence-electron chi connectivity index (χ3n) is 4.26. The van der Waals surface area contributed by atoms with Gasteiger partial charge in [-0.25, -0.2) is 4.39 Å². The molecule has 1 aliphatic rings. The maximum Gasteiger partial charge on any atom is 0.251 e. The minimum Gasteiger partial charge on any atom is -0.368 e. The molecule has 130 valence electrons. The molecule has 1 N–H and O–H groups in total. The fourth-order valence-electron chi connectivity index (χ4n) is 2.82. The Morgan fingerprint density at radius 1 is 0.920 bits per heavy atom. The van der Waals surface area contributed by atoms with Crippen LogP contribution in [0, 0.1) is 5.82 Å². The summed E-state index contributed by atoms with van der Waals surface area (Å²) in [4.78, 5) is 28.2. The lowest BCUT2D eigenvalue weighted by Crippen LogP contribution is -2.51. The molecule has 6 heteroatoms. The number of halogens is 1. The van der Waals surface area contributed by atoms with Crippen molar-refractivity contribution >= 4 is 17.5 Å². The van der Waals surface area contributed by atoms with Gasteiger partial charge in [-0.1, -0.05) is 18.2 Å². The molecule has 2 aromatic carbocycles. The van der Waals surface area contributed by atoms with E-state index in [1.807, 2.05) is 18.2 Å². The van der Waals surface area contributed by atoms with E-state index in [1.165, 1.54) is 24.3 Å². The average Bonchev–Trinajstić information content (AvgIpc) is 2.67. The largest absolute Gasteiger partial charge is 0.368 e. The molecule has 2 aromatic rings. The average molecular weight is 341 g/mol. The number of nitrogens with one attached hydrogen (secondary N) is 1. The summed E-state index contributed by atoms with van der Waals surface area (Å²) in [6.45, 7) is 2.73. The Morgan fingerprint density at radius 3 is 2.20 bits per heavy atom. The zero-order valence-electron chi connectivity index (χ0n) is 13.8. The van der Waals surface area contributed by atoms with Crippen molar-refractivity contribution in [2.24, 2.45) is 0 Å². The van der Waals surface area contributed by atoms with Gasteiger partial charge in [-0.2, -0.15) is 0 Å². The van der Waals surface area contributed by atoms with Crippen LogP contribution in [0.3, 0.4) is 0 Å². The van der Waals surface area contributed by atoms with Gasteiger partial charge in [-0.3, -0.25) is 9.59 Å². The van der Waals surface area contributed by atoms with Crippen molar-refractivity contribution < 1.29 is 14.0 Å². The van der Waals surface area contributed by atoms with Gasteiger partial charge in [0.1, 0.15) is 5.82 Å². The molecule has 0 atom stereocenters. The first-order chi connectivity index (χ1) is 12.1. The number of rotatable bonds is 4. The molecule has 0 aromatic heterocycles. The summed E-state index contributed by atoms with van der Waals surface area (Å²) in [7, 11) is 0. The number of carbonyl (C=O) groups excluding carboxylic acids is 2. The Balaban J connectivity index is 1.46. The molecule has 0 aliphatic carbocycles. The Kier molecular flexibility index (Phi) is 5.28. The van der Waals surface area contributed by atoms with Crippen LogP contribution in [-0.2, 0) is 4.79 Å². The van der Waals surface area contributed by atoms with Crippen LogP contribution in [0.1, 0.15) is 10.4 Å². The molecule has 3 rings (SSSR count). The van der Waals surface area contributed by atoms with Crippen LogP contribution >= 0.6 is 0 Å². The van der Waals surface area contributed by atoms with Crippen LogP contribution in [0.25, 0.3) is 0 Å². The van der Waals surface area contributed by atoms with E-state index in [-0.39, 0.29) is 18.4 Å². The van der Waals surface area contributed by atoms with Gasteiger partial charge in [0.25, 0.3) is 5.91 Å². The number of hydrogen-bond donors (Lipinski definition) is 1. The number of carbonyl (C=O) groups is 2. The Hall–Kier alpha value is -2.89. The predicted molar refractivity (Wildman–Crippen MR) is 94.0 cm³/mol. The van der Waals surface area contributed by atoms with Gasteiger partial charge in [0.05, 0.1) is 6.54 Å². The molecule has 1 fully saturated rings. The van der Waals surface area contributed by atoms with Crippen molar-refractivity contribution in [1.29, 1.82) is 0 Å². The van der Waals surface area contributed by atoms with E-state index in [2.05, 4.69) is 22.3 Å². The Bertz CT molecular complexity index is 726. The predicted octanol–water partition coefficient (Wildman–Crippen LogP) is 1.90. The minimum atomic E-state index is -0.399. The molecular weight excluding hydrogens is 321 g/mol. The monoisotopic (exact) mass is 341 g/mol. The Labute approximate surface area is 146 Å². The maximum absolute atomic E-state index is 12.9. The van der Waals surface area contributed by atoms with E-state index in [4.69, 9.17) is 0 Å². The molecular formula is C19H20FN3O2. The molecule has 0 unspecified atom stereocenters. The topological polar surface area (TPSA) is 52.7 Å². The lowest BCUT2D eigenvalue weighted by molar-refractivity contribution is -0.130. The van der Waals surface area contributed by atoms with Crippen molar-refractivity contribution in [2.45, 2.75) is 0 Å². The molecule has 0 saturated carbocycles. The molecule has 1 aliphatic heterocycles. The molecule has 0 radical (unpaired) electrons. The van der Waals surface area contributed by atoms with E-state index in [0.717, 1.165) is 18.8 Å². The summed E-state index contributed by atoms with van der Waals surface area (Å²) < 4.78 is 12.9. The van der Waals surface area contributed by atoms with Crippen LogP contribution in [0.4, 0.5) is 10.1 Å². The number of benzene rings is 2. The zero-order chi connectivity index (χ0) is 17.6. The SMILES string of the molecule is O=C(NCC(=O)N1CCN(c2ccccc2)CC1)c1ccc(F)cc1. The van der Waals surface area contributed by atoms with Gasteiger partial charge in [0.15, 0.2) is 0 Å². The van der Waals surface area contributed by atoms with Gasteiger partial charge < -0.3 is 15.1 Å². The number of piperazine rings is 1. The second kappa shape index (κ2) is 7.79. The summed E-state index contributed by atoms with van der Waals surface area (Å²) in [5.41, 5.74) is 1.49. The summed E-state index contributed by atoms with van der Waals surface area (Å²) in [5, 5.41) is 2.59. The van der Waals surface area contributed by atoms with E-state index in [0.29, 0.717) is 18.7 Å². The molecule has 1 heterocycles. The first-order valence-corrected chi connectivity index (χ1v) is 8.25. The standard InChI is InChI=1S/C19H20FN3O2/c20-16-8-6-15(7-9-16)19(25)21-14-18(24)23-12-10-22(11-13-23)17-4-2-1-3-5-17/h1-9H,10-14H2,(H,21,25). The highest BCUT2D eigenvalue weighted by molar-refractivity contribution is 5.96. The lowest BCUT2D eigenvalue weighted by atomic mass is 10.2. The van der Waals surface area contributed by atoms with Crippen molar-refractivity contribution in [3.63, 3.8) is 0 Å². The van der Waals surface area contributed by atoms with Gasteiger partial charge in [0.2, 0.25) is 5.91 Å².